The van der Waals surface area contributed by atoms with Crippen LogP contribution in [0.15, 0.2) is 38.0 Å². The van der Waals surface area contributed by atoms with E-state index in [1.54, 1.807) is 0 Å². The first-order valence-corrected chi connectivity index (χ1v) is 6.48. The van der Waals surface area contributed by atoms with Gasteiger partial charge in [0.15, 0.2) is 10.5 Å². The molecule has 0 bridgehead atoms. The Morgan fingerprint density at radius 3 is 2.56 bits per heavy atom. The lowest BCUT2D eigenvalue weighted by atomic mass is 10.0. The van der Waals surface area contributed by atoms with Crippen molar-refractivity contribution >= 4 is 37.6 Å². The van der Waals surface area contributed by atoms with Crippen molar-refractivity contribution in [1.82, 2.24) is 0 Å². The van der Waals surface area contributed by atoms with Crippen LogP contribution in [0.5, 0.6) is 0 Å². The zero-order valence-electron chi connectivity index (χ0n) is 8.84. The minimum atomic E-state index is -0.761. The Morgan fingerprint density at radius 1 is 1.22 bits per heavy atom. The average molecular weight is 380 g/mol. The summed E-state index contributed by atoms with van der Waals surface area (Å²) in [5.74, 6) is -1.93. The molecule has 0 saturated heterocycles. The molecule has 0 N–H and O–H groups in total. The van der Waals surface area contributed by atoms with Crippen LogP contribution in [0.3, 0.4) is 0 Å². The van der Waals surface area contributed by atoms with E-state index in [1.165, 1.54) is 18.4 Å². The van der Waals surface area contributed by atoms with Gasteiger partial charge in [0.25, 0.3) is 0 Å². The maximum Gasteiger partial charge on any atom is 0.179 e. The monoisotopic (exact) mass is 378 g/mol. The van der Waals surface area contributed by atoms with E-state index >= 15 is 0 Å². The minimum absolute atomic E-state index is 0.123. The summed E-state index contributed by atoms with van der Waals surface area (Å²) in [6, 6.07) is 3.81. The van der Waals surface area contributed by atoms with Gasteiger partial charge < -0.3 is 4.42 Å². The third-order valence-corrected chi connectivity index (χ3v) is 3.62. The summed E-state index contributed by atoms with van der Waals surface area (Å²) in [6.45, 7) is 0. The average Bonchev–Trinajstić information content (AvgIpc) is 2.76. The number of ketones is 1. The number of carbonyl (C=O) groups excluding carboxylic acids is 1. The Balaban J connectivity index is 2.33. The SMILES string of the molecule is O=C(Cc1c(F)ccc(Br)c1F)c1ccoc1Br. The normalized spacial score (nSPS) is 10.7. The van der Waals surface area contributed by atoms with E-state index in [-0.39, 0.29) is 26.7 Å². The third kappa shape index (κ3) is 2.54. The molecular formula is C12H6Br2F2O2. The number of carbonyl (C=O) groups is 1. The summed E-state index contributed by atoms with van der Waals surface area (Å²) >= 11 is 6.00. The summed E-state index contributed by atoms with van der Waals surface area (Å²) in [4.78, 5) is 11.9. The molecular weight excluding hydrogens is 374 g/mol. The zero-order chi connectivity index (χ0) is 13.3. The molecule has 0 unspecified atom stereocenters. The molecule has 0 radical (unpaired) electrons. The molecule has 0 saturated carbocycles. The fourth-order valence-electron chi connectivity index (χ4n) is 1.48. The van der Waals surface area contributed by atoms with E-state index in [1.807, 2.05) is 0 Å². The molecule has 0 aliphatic rings. The molecule has 2 rings (SSSR count). The summed E-state index contributed by atoms with van der Waals surface area (Å²) in [5, 5.41) is 0. The van der Waals surface area contributed by atoms with Gasteiger partial charge in [-0.3, -0.25) is 4.79 Å². The number of rotatable bonds is 3. The lowest BCUT2D eigenvalue weighted by molar-refractivity contribution is 0.0989. The summed E-state index contributed by atoms with van der Waals surface area (Å²) in [5.41, 5.74) is -0.00347. The van der Waals surface area contributed by atoms with Gasteiger partial charge in [-0.25, -0.2) is 8.78 Å². The first-order valence-electron chi connectivity index (χ1n) is 4.89. The van der Waals surface area contributed by atoms with Crippen LogP contribution in [0.2, 0.25) is 0 Å². The summed E-state index contributed by atoms with van der Waals surface area (Å²) < 4.78 is 32.5. The van der Waals surface area contributed by atoms with Crippen LogP contribution in [0, 0.1) is 11.6 Å². The molecule has 18 heavy (non-hydrogen) atoms. The largest absolute Gasteiger partial charge is 0.457 e. The fraction of sp³-hybridized carbons (Fsp3) is 0.0833. The molecule has 1 aromatic heterocycles. The van der Waals surface area contributed by atoms with Gasteiger partial charge in [-0.15, -0.1) is 0 Å². The van der Waals surface area contributed by atoms with Crippen molar-refractivity contribution in [2.75, 3.05) is 0 Å². The van der Waals surface area contributed by atoms with Crippen molar-refractivity contribution in [3.8, 4) is 0 Å². The van der Waals surface area contributed by atoms with Crippen molar-refractivity contribution in [3.05, 3.63) is 56.4 Å². The molecule has 0 spiro atoms. The number of Topliss-reactive ketones (excluding diaryl/α,β-unsaturated/α-hetero) is 1. The molecule has 0 atom stereocenters. The number of benzene rings is 1. The van der Waals surface area contributed by atoms with Crippen molar-refractivity contribution in [1.29, 1.82) is 0 Å². The third-order valence-electron chi connectivity index (χ3n) is 2.39. The molecule has 2 nitrogen and oxygen atoms in total. The second-order valence-electron chi connectivity index (χ2n) is 3.53. The first-order chi connectivity index (χ1) is 8.50. The van der Waals surface area contributed by atoms with Crippen LogP contribution in [0.1, 0.15) is 15.9 Å². The van der Waals surface area contributed by atoms with Gasteiger partial charge in [-0.05, 0) is 50.1 Å². The predicted molar refractivity (Wildman–Crippen MR) is 68.5 cm³/mol. The molecule has 2 aromatic rings. The quantitative estimate of drug-likeness (QED) is 0.580. The van der Waals surface area contributed by atoms with Crippen LogP contribution in [-0.2, 0) is 6.42 Å². The van der Waals surface area contributed by atoms with Gasteiger partial charge in [0.05, 0.1) is 16.3 Å². The van der Waals surface area contributed by atoms with Crippen LogP contribution in [0.25, 0.3) is 0 Å². The highest BCUT2D eigenvalue weighted by molar-refractivity contribution is 9.10. The van der Waals surface area contributed by atoms with Crippen molar-refractivity contribution in [3.63, 3.8) is 0 Å². The van der Waals surface area contributed by atoms with E-state index in [0.29, 0.717) is 0 Å². The van der Waals surface area contributed by atoms with Gasteiger partial charge >= 0.3 is 0 Å². The highest BCUT2D eigenvalue weighted by Gasteiger charge is 2.19. The van der Waals surface area contributed by atoms with Crippen molar-refractivity contribution < 1.29 is 18.0 Å². The fourth-order valence-corrected chi connectivity index (χ4v) is 2.31. The molecule has 0 aliphatic carbocycles. The number of halogens is 4. The highest BCUT2D eigenvalue weighted by Crippen LogP contribution is 2.25. The number of furan rings is 1. The minimum Gasteiger partial charge on any atom is -0.457 e. The number of hydrogen-bond donors (Lipinski definition) is 0. The van der Waals surface area contributed by atoms with E-state index in [0.717, 1.165) is 6.07 Å². The van der Waals surface area contributed by atoms with Gasteiger partial charge in [0.2, 0.25) is 0 Å². The lowest BCUT2D eigenvalue weighted by Crippen LogP contribution is -2.07. The smallest absolute Gasteiger partial charge is 0.179 e. The lowest BCUT2D eigenvalue weighted by Gasteiger charge is -2.05. The Morgan fingerprint density at radius 2 is 1.94 bits per heavy atom. The highest BCUT2D eigenvalue weighted by atomic mass is 79.9. The summed E-state index contributed by atoms with van der Waals surface area (Å²) in [6.07, 6.45) is 0.959. The van der Waals surface area contributed by atoms with Crippen molar-refractivity contribution in [2.24, 2.45) is 0 Å². The molecule has 94 valence electrons. The van der Waals surface area contributed by atoms with Crippen molar-refractivity contribution in [2.45, 2.75) is 6.42 Å². The first kappa shape index (κ1) is 13.4. The van der Waals surface area contributed by atoms with Crippen LogP contribution in [0.4, 0.5) is 8.78 Å². The summed E-state index contributed by atoms with van der Waals surface area (Å²) in [7, 11) is 0. The van der Waals surface area contributed by atoms with Gasteiger partial charge in [-0.2, -0.15) is 0 Å². The van der Waals surface area contributed by atoms with E-state index in [2.05, 4.69) is 31.9 Å². The van der Waals surface area contributed by atoms with Gasteiger partial charge in [0, 0.05) is 12.0 Å². The second kappa shape index (κ2) is 5.32. The Hall–Kier alpha value is -1.01. The maximum atomic E-state index is 13.7. The van der Waals surface area contributed by atoms with Crippen LogP contribution >= 0.6 is 31.9 Å². The topological polar surface area (TPSA) is 30.2 Å². The van der Waals surface area contributed by atoms with Gasteiger partial charge in [-0.1, -0.05) is 0 Å². The molecule has 1 aromatic carbocycles. The molecule has 0 amide bonds. The molecule has 1 heterocycles. The maximum absolute atomic E-state index is 13.7. The Labute approximate surface area is 118 Å². The molecule has 0 fully saturated rings. The van der Waals surface area contributed by atoms with Crippen LogP contribution < -0.4 is 0 Å². The predicted octanol–water partition coefficient (Wildman–Crippen LogP) is 4.51. The molecule has 0 aliphatic heterocycles. The van der Waals surface area contributed by atoms with E-state index in [4.69, 9.17) is 4.42 Å². The zero-order valence-corrected chi connectivity index (χ0v) is 12.0. The second-order valence-corrected chi connectivity index (χ2v) is 5.10. The Kier molecular flexibility index (Phi) is 3.97. The van der Waals surface area contributed by atoms with Crippen LogP contribution in [-0.4, -0.2) is 5.78 Å². The van der Waals surface area contributed by atoms with E-state index < -0.39 is 17.4 Å². The number of hydrogen-bond acceptors (Lipinski definition) is 2. The Bertz CT molecular complexity index is 608. The van der Waals surface area contributed by atoms with Gasteiger partial charge in [0.1, 0.15) is 11.6 Å². The molecule has 6 heteroatoms. The van der Waals surface area contributed by atoms with E-state index in [9.17, 15) is 13.6 Å². The standard InChI is InChI=1S/C12H6Br2F2O2/c13-8-1-2-9(15)7(11(8)16)5-10(17)6-3-4-18-12(6)14/h1-4H,5H2.